The quantitative estimate of drug-likeness (QED) is 0.173. The second-order valence-electron chi connectivity index (χ2n) is 16.3. The van der Waals surface area contributed by atoms with Crippen molar-refractivity contribution in [2.75, 3.05) is 0 Å². The monoisotopic (exact) mass is 852 g/mol. The van der Waals surface area contributed by atoms with Gasteiger partial charge < -0.3 is 8.98 Å². The molecule has 0 aliphatic rings. The van der Waals surface area contributed by atoms with Crippen LogP contribution in [0.15, 0.2) is 199 Å². The fraction of sp³-hybridized carbons (Fsp3) is 0. The molecule has 64 heavy (non-hydrogen) atoms. The second kappa shape index (κ2) is 13.8. The molecule has 0 saturated heterocycles. The minimum absolute atomic E-state index is 0.599. The molecule has 5 nitrogen and oxygen atoms in total. The zero-order valence-corrected chi connectivity index (χ0v) is 35.6. The van der Waals surface area contributed by atoms with Crippen LogP contribution in [-0.2, 0) is 0 Å². The first-order chi connectivity index (χ1) is 31.7. The smallest absolute Gasteiger partial charge is 0.165 e. The van der Waals surface area contributed by atoms with Crippen LogP contribution in [0.3, 0.4) is 0 Å². The van der Waals surface area contributed by atoms with Gasteiger partial charge in [-0.05, 0) is 65.7 Å². The molecule has 0 atom stereocenters. The Morgan fingerprint density at radius 2 is 0.953 bits per heavy atom. The van der Waals surface area contributed by atoms with Crippen LogP contribution in [0.1, 0.15) is 0 Å². The van der Waals surface area contributed by atoms with Gasteiger partial charge in [-0.1, -0.05) is 140 Å². The van der Waals surface area contributed by atoms with E-state index in [-0.39, 0.29) is 0 Å². The van der Waals surface area contributed by atoms with E-state index in [9.17, 15) is 0 Å². The molecule has 298 valence electrons. The van der Waals surface area contributed by atoms with Gasteiger partial charge in [-0.15, -0.1) is 22.7 Å². The lowest BCUT2D eigenvalue weighted by Crippen LogP contribution is -2.02. The van der Waals surface area contributed by atoms with E-state index in [1.54, 1.807) is 11.3 Å². The molecule has 5 aromatic heterocycles. The number of rotatable bonds is 5. The lowest BCUT2D eigenvalue weighted by Gasteiger charge is -2.15. The third-order valence-electron chi connectivity index (χ3n) is 12.6. The van der Waals surface area contributed by atoms with Gasteiger partial charge in [-0.3, -0.25) is 0 Å². The highest BCUT2D eigenvalue weighted by Gasteiger charge is 2.22. The van der Waals surface area contributed by atoms with E-state index in [0.29, 0.717) is 17.5 Å². The van der Waals surface area contributed by atoms with Crippen LogP contribution in [0.25, 0.3) is 135 Å². The molecule has 7 heteroatoms. The number of nitrogens with zero attached hydrogens (tertiary/aromatic N) is 4. The number of thiophene rings is 2. The highest BCUT2D eigenvalue weighted by atomic mass is 32.1. The van der Waals surface area contributed by atoms with Crippen LogP contribution >= 0.6 is 22.7 Å². The minimum atomic E-state index is 0.599. The molecule has 0 spiro atoms. The maximum Gasteiger partial charge on any atom is 0.165 e. The standard InChI is InChI=1S/C57H32N4OS2/c1-2-14-33(15-3-1)55-58-56(60-57(59-55)45-22-12-21-42-39-17-6-10-26-49(39)63-53(42)45)35-30-34(37-20-13-25-48-51(37)44-19-5-9-24-47(44)62-48)31-36(32-35)61-46-23-8-4-16-38(46)41-28-29-43-40-18-7-11-27-50(40)64-54(43)52(41)61/h1-32H. The topological polar surface area (TPSA) is 56.7 Å². The maximum atomic E-state index is 6.47. The van der Waals surface area contributed by atoms with E-state index in [1.165, 1.54) is 51.9 Å². The van der Waals surface area contributed by atoms with Gasteiger partial charge in [0.2, 0.25) is 0 Å². The summed E-state index contributed by atoms with van der Waals surface area (Å²) in [7, 11) is 0. The van der Waals surface area contributed by atoms with Crippen LogP contribution in [0.4, 0.5) is 0 Å². The fourth-order valence-electron chi connectivity index (χ4n) is 9.80. The van der Waals surface area contributed by atoms with Crippen molar-refractivity contribution in [3.63, 3.8) is 0 Å². The molecule has 0 fully saturated rings. The molecular weight excluding hydrogens is 821 g/mol. The molecule has 0 bridgehead atoms. The van der Waals surface area contributed by atoms with Gasteiger partial charge in [0.15, 0.2) is 17.5 Å². The van der Waals surface area contributed by atoms with Crippen molar-refractivity contribution in [2.45, 2.75) is 0 Å². The fourth-order valence-corrected chi connectivity index (χ4v) is 12.3. The molecule has 0 aliphatic heterocycles. The summed E-state index contributed by atoms with van der Waals surface area (Å²) in [5, 5.41) is 9.54. The van der Waals surface area contributed by atoms with Crippen LogP contribution in [0.2, 0.25) is 0 Å². The molecule has 0 aliphatic carbocycles. The predicted molar refractivity (Wildman–Crippen MR) is 269 cm³/mol. The zero-order chi connectivity index (χ0) is 41.9. The lowest BCUT2D eigenvalue weighted by molar-refractivity contribution is 0.669. The Hall–Kier alpha value is -7.97. The van der Waals surface area contributed by atoms with E-state index >= 15 is 0 Å². The summed E-state index contributed by atoms with van der Waals surface area (Å²) in [5.74, 6) is 1.86. The SMILES string of the molecule is c1ccc(-c2nc(-c3cc(-c4cccc5oc6ccccc6c45)cc(-n4c5ccccc5c5ccc6c7ccccc7sc6c54)c3)nc(-c3cccc4c3sc3ccccc34)n2)cc1. The average molecular weight is 853 g/mol. The first-order valence-corrected chi connectivity index (χ1v) is 23.0. The summed E-state index contributed by atoms with van der Waals surface area (Å²) >= 11 is 3.64. The van der Waals surface area contributed by atoms with Crippen molar-refractivity contribution in [2.24, 2.45) is 0 Å². The minimum Gasteiger partial charge on any atom is -0.456 e. The van der Waals surface area contributed by atoms with E-state index in [0.717, 1.165) is 65.7 Å². The molecule has 9 aromatic carbocycles. The Kier molecular flexibility index (Phi) is 7.66. The summed E-state index contributed by atoms with van der Waals surface area (Å²) in [6, 6.07) is 68.9. The molecule has 0 saturated carbocycles. The first-order valence-electron chi connectivity index (χ1n) is 21.3. The predicted octanol–water partition coefficient (Wildman–Crippen LogP) is 16.3. The van der Waals surface area contributed by atoms with Crippen molar-refractivity contribution in [1.29, 1.82) is 0 Å². The van der Waals surface area contributed by atoms with Crippen LogP contribution in [0.5, 0.6) is 0 Å². The third-order valence-corrected chi connectivity index (χ3v) is 15.1. The average Bonchev–Trinajstić information content (AvgIpc) is 4.13. The Balaban J connectivity index is 1.10. The molecule has 0 N–H and O–H groups in total. The number of hydrogen-bond acceptors (Lipinski definition) is 6. The summed E-state index contributed by atoms with van der Waals surface area (Å²) in [5.41, 5.74) is 9.96. The second-order valence-corrected chi connectivity index (χ2v) is 18.4. The van der Waals surface area contributed by atoms with Gasteiger partial charge in [0, 0.05) is 79.6 Å². The van der Waals surface area contributed by atoms with Crippen molar-refractivity contribution in [3.8, 4) is 51.0 Å². The van der Waals surface area contributed by atoms with Gasteiger partial charge in [0.1, 0.15) is 11.2 Å². The van der Waals surface area contributed by atoms with Crippen molar-refractivity contribution in [3.05, 3.63) is 194 Å². The van der Waals surface area contributed by atoms with Gasteiger partial charge in [-0.2, -0.15) is 0 Å². The first kappa shape index (κ1) is 35.6. The Morgan fingerprint density at radius 3 is 1.78 bits per heavy atom. The largest absolute Gasteiger partial charge is 0.456 e. The van der Waals surface area contributed by atoms with Gasteiger partial charge >= 0.3 is 0 Å². The Labute approximate surface area is 373 Å². The van der Waals surface area contributed by atoms with Gasteiger partial charge in [-0.25, -0.2) is 15.0 Å². The van der Waals surface area contributed by atoms with Crippen molar-refractivity contribution >= 4 is 107 Å². The Bertz CT molecular complexity index is 4210. The summed E-state index contributed by atoms with van der Waals surface area (Å²) in [4.78, 5) is 16.0. The van der Waals surface area contributed by atoms with E-state index < -0.39 is 0 Å². The maximum absolute atomic E-state index is 6.47. The van der Waals surface area contributed by atoms with Crippen LogP contribution in [0, 0.1) is 0 Å². The van der Waals surface area contributed by atoms with Gasteiger partial charge in [0.05, 0.1) is 15.7 Å². The number of fused-ring (bicyclic) bond motifs is 13. The summed E-state index contributed by atoms with van der Waals surface area (Å²) in [6.45, 7) is 0. The highest BCUT2D eigenvalue weighted by Crippen LogP contribution is 2.45. The summed E-state index contributed by atoms with van der Waals surface area (Å²) in [6.07, 6.45) is 0. The number of furan rings is 1. The molecule has 5 heterocycles. The molecule has 14 aromatic rings. The molecular formula is C57H32N4OS2. The molecule has 14 rings (SSSR count). The Morgan fingerprint density at radius 1 is 0.375 bits per heavy atom. The van der Waals surface area contributed by atoms with E-state index in [4.69, 9.17) is 19.4 Å². The van der Waals surface area contributed by atoms with E-state index in [2.05, 4.69) is 168 Å². The number of aromatic nitrogens is 4. The van der Waals surface area contributed by atoms with Gasteiger partial charge in [0.25, 0.3) is 0 Å². The normalized spacial score (nSPS) is 12.1. The van der Waals surface area contributed by atoms with Crippen LogP contribution in [-0.4, -0.2) is 19.5 Å². The molecule has 0 unspecified atom stereocenters. The summed E-state index contributed by atoms with van der Waals surface area (Å²) < 4.78 is 13.9. The third kappa shape index (κ3) is 5.32. The zero-order valence-electron chi connectivity index (χ0n) is 34.0. The molecule has 0 radical (unpaired) electrons. The number of hydrogen-bond donors (Lipinski definition) is 0. The molecule has 0 amide bonds. The highest BCUT2D eigenvalue weighted by molar-refractivity contribution is 7.27. The van der Waals surface area contributed by atoms with Crippen molar-refractivity contribution in [1.82, 2.24) is 19.5 Å². The lowest BCUT2D eigenvalue weighted by atomic mass is 9.96. The van der Waals surface area contributed by atoms with Crippen LogP contribution < -0.4 is 0 Å². The van der Waals surface area contributed by atoms with Crippen molar-refractivity contribution < 1.29 is 4.42 Å². The number of benzene rings is 9. The van der Waals surface area contributed by atoms with E-state index in [1.807, 2.05) is 41.7 Å². The number of para-hydroxylation sites is 2.